The molecular weight excluding hydrogens is 367 g/mol. The van der Waals surface area contributed by atoms with Gasteiger partial charge in [-0.25, -0.2) is 13.1 Å². The quantitative estimate of drug-likeness (QED) is 0.792. The van der Waals surface area contributed by atoms with E-state index >= 15 is 0 Å². The number of likely N-dealkylation sites (N-methyl/N-ethyl adjacent to an activating group) is 1. The Morgan fingerprint density at radius 2 is 1.75 bits per heavy atom. The maximum absolute atomic E-state index is 12.5. The Morgan fingerprint density at radius 1 is 1.08 bits per heavy atom. The molecule has 130 valence electrons. The smallest absolute Gasteiger partial charge is 0.242 e. The Labute approximate surface area is 153 Å². The van der Waals surface area contributed by atoms with Crippen molar-refractivity contribution in [2.45, 2.75) is 17.4 Å². The molecule has 0 saturated heterocycles. The standard InChI is InChI=1S/C17H20Cl2N2O2S/c1-21(2)15(10-13-6-4-3-5-7-13)12-20-24(22,23)17-11-14(18)8-9-16(17)19/h3-9,11,15,20H,10,12H2,1-2H3. The average Bonchev–Trinajstić information content (AvgIpc) is 2.54. The number of hydrogen-bond acceptors (Lipinski definition) is 3. The van der Waals surface area contributed by atoms with Crippen LogP contribution in [-0.2, 0) is 16.4 Å². The van der Waals surface area contributed by atoms with Crippen molar-refractivity contribution in [3.8, 4) is 0 Å². The molecule has 0 aliphatic carbocycles. The van der Waals surface area contributed by atoms with Gasteiger partial charge in [0.1, 0.15) is 4.90 Å². The van der Waals surface area contributed by atoms with E-state index in [4.69, 9.17) is 23.2 Å². The van der Waals surface area contributed by atoms with E-state index in [0.717, 1.165) is 12.0 Å². The summed E-state index contributed by atoms with van der Waals surface area (Å²) >= 11 is 11.9. The molecule has 0 bridgehead atoms. The fraction of sp³-hybridized carbons (Fsp3) is 0.294. The van der Waals surface area contributed by atoms with Gasteiger partial charge in [-0.05, 0) is 44.3 Å². The van der Waals surface area contributed by atoms with E-state index in [-0.39, 0.29) is 22.5 Å². The Hall–Kier alpha value is -1.11. The fourth-order valence-corrected chi connectivity index (χ4v) is 4.12. The van der Waals surface area contributed by atoms with Crippen LogP contribution in [0.4, 0.5) is 0 Å². The van der Waals surface area contributed by atoms with Crippen molar-refractivity contribution in [3.05, 3.63) is 64.1 Å². The lowest BCUT2D eigenvalue weighted by molar-refractivity contribution is 0.291. The van der Waals surface area contributed by atoms with Crippen LogP contribution >= 0.6 is 23.2 Å². The van der Waals surface area contributed by atoms with Gasteiger partial charge in [0, 0.05) is 17.6 Å². The molecule has 2 rings (SSSR count). The third-order valence-electron chi connectivity index (χ3n) is 3.74. The highest BCUT2D eigenvalue weighted by Gasteiger charge is 2.21. The van der Waals surface area contributed by atoms with Crippen LogP contribution in [0.2, 0.25) is 10.0 Å². The summed E-state index contributed by atoms with van der Waals surface area (Å²) in [4.78, 5) is 1.99. The Balaban J connectivity index is 2.12. The lowest BCUT2D eigenvalue weighted by Gasteiger charge is -2.25. The van der Waals surface area contributed by atoms with Crippen molar-refractivity contribution in [1.82, 2.24) is 9.62 Å². The number of nitrogens with zero attached hydrogens (tertiary/aromatic N) is 1. The number of rotatable bonds is 7. The van der Waals surface area contributed by atoms with E-state index in [1.54, 1.807) is 6.07 Å². The molecule has 0 spiro atoms. The molecule has 2 aromatic carbocycles. The van der Waals surface area contributed by atoms with Crippen LogP contribution in [0.1, 0.15) is 5.56 Å². The van der Waals surface area contributed by atoms with Gasteiger partial charge in [0.25, 0.3) is 0 Å². The fourth-order valence-electron chi connectivity index (χ4n) is 2.29. The maximum Gasteiger partial charge on any atom is 0.242 e. The molecule has 0 aliphatic heterocycles. The summed E-state index contributed by atoms with van der Waals surface area (Å²) in [5, 5.41) is 0.476. The highest BCUT2D eigenvalue weighted by molar-refractivity contribution is 7.89. The van der Waals surface area contributed by atoms with Crippen molar-refractivity contribution in [1.29, 1.82) is 0 Å². The largest absolute Gasteiger partial charge is 0.305 e. The zero-order valence-electron chi connectivity index (χ0n) is 13.5. The molecule has 7 heteroatoms. The first-order valence-corrected chi connectivity index (χ1v) is 9.68. The molecule has 2 aromatic rings. The van der Waals surface area contributed by atoms with Crippen LogP contribution in [-0.4, -0.2) is 40.0 Å². The van der Waals surface area contributed by atoms with Crippen molar-refractivity contribution in [3.63, 3.8) is 0 Å². The van der Waals surface area contributed by atoms with E-state index in [2.05, 4.69) is 4.72 Å². The predicted molar refractivity (Wildman–Crippen MR) is 99.3 cm³/mol. The van der Waals surface area contributed by atoms with Gasteiger partial charge in [-0.3, -0.25) is 0 Å². The second kappa shape index (κ2) is 8.32. The highest BCUT2D eigenvalue weighted by atomic mass is 35.5. The van der Waals surface area contributed by atoms with Crippen LogP contribution in [0.3, 0.4) is 0 Å². The van der Waals surface area contributed by atoms with Crippen LogP contribution in [0, 0.1) is 0 Å². The Bertz CT molecular complexity index is 780. The summed E-state index contributed by atoms with van der Waals surface area (Å²) in [7, 11) is 0.122. The van der Waals surface area contributed by atoms with Crippen molar-refractivity contribution >= 4 is 33.2 Å². The van der Waals surface area contributed by atoms with Gasteiger partial charge in [0.2, 0.25) is 10.0 Å². The number of halogens is 2. The lowest BCUT2D eigenvalue weighted by Crippen LogP contribution is -2.41. The minimum Gasteiger partial charge on any atom is -0.305 e. The second-order valence-corrected chi connectivity index (χ2v) is 8.31. The van der Waals surface area contributed by atoms with Gasteiger partial charge in [-0.1, -0.05) is 53.5 Å². The molecule has 1 unspecified atom stereocenters. The number of hydrogen-bond donors (Lipinski definition) is 1. The predicted octanol–water partition coefficient (Wildman–Crippen LogP) is 3.44. The van der Waals surface area contributed by atoms with E-state index in [1.807, 2.05) is 49.3 Å². The van der Waals surface area contributed by atoms with Crippen molar-refractivity contribution in [2.24, 2.45) is 0 Å². The molecule has 0 fully saturated rings. The first-order chi connectivity index (χ1) is 11.3. The van der Waals surface area contributed by atoms with Gasteiger partial charge < -0.3 is 4.90 Å². The van der Waals surface area contributed by atoms with E-state index in [1.165, 1.54) is 12.1 Å². The van der Waals surface area contributed by atoms with Gasteiger partial charge in [0.15, 0.2) is 0 Å². The van der Waals surface area contributed by atoms with Gasteiger partial charge >= 0.3 is 0 Å². The zero-order valence-corrected chi connectivity index (χ0v) is 15.9. The highest BCUT2D eigenvalue weighted by Crippen LogP contribution is 2.24. The van der Waals surface area contributed by atoms with Crippen LogP contribution in [0.5, 0.6) is 0 Å². The summed E-state index contributed by atoms with van der Waals surface area (Å²) in [5.74, 6) is 0. The lowest BCUT2D eigenvalue weighted by atomic mass is 10.1. The normalized spacial score (nSPS) is 13.2. The van der Waals surface area contributed by atoms with Gasteiger partial charge in [-0.15, -0.1) is 0 Å². The van der Waals surface area contributed by atoms with Gasteiger partial charge in [0.05, 0.1) is 5.02 Å². The molecule has 0 aromatic heterocycles. The third-order valence-corrected chi connectivity index (χ3v) is 5.88. The summed E-state index contributed by atoms with van der Waals surface area (Å²) in [6.07, 6.45) is 0.736. The first-order valence-electron chi connectivity index (χ1n) is 7.44. The third kappa shape index (κ3) is 5.19. The van der Waals surface area contributed by atoms with Crippen molar-refractivity contribution in [2.75, 3.05) is 20.6 Å². The topological polar surface area (TPSA) is 49.4 Å². The van der Waals surface area contributed by atoms with Crippen LogP contribution < -0.4 is 4.72 Å². The minimum atomic E-state index is -3.73. The Kier molecular flexibility index (Phi) is 6.66. The number of nitrogens with one attached hydrogen (secondary N) is 1. The van der Waals surface area contributed by atoms with Gasteiger partial charge in [-0.2, -0.15) is 0 Å². The Morgan fingerprint density at radius 3 is 2.38 bits per heavy atom. The molecule has 1 atom stereocenters. The number of sulfonamides is 1. The molecule has 0 radical (unpaired) electrons. The molecule has 0 heterocycles. The van der Waals surface area contributed by atoms with Crippen molar-refractivity contribution < 1.29 is 8.42 Å². The second-order valence-electron chi connectivity index (χ2n) is 5.73. The molecule has 0 saturated carbocycles. The van der Waals surface area contributed by atoms with Crippen LogP contribution in [0.25, 0.3) is 0 Å². The molecule has 1 N–H and O–H groups in total. The summed E-state index contributed by atoms with van der Waals surface area (Å²) in [6, 6.07) is 14.4. The van der Waals surface area contributed by atoms with E-state index < -0.39 is 10.0 Å². The first kappa shape index (κ1) is 19.2. The number of benzene rings is 2. The molecular formula is C17H20Cl2N2O2S. The summed E-state index contributed by atoms with van der Waals surface area (Å²) < 4.78 is 27.7. The summed E-state index contributed by atoms with van der Waals surface area (Å²) in [6.45, 7) is 0.271. The molecule has 0 amide bonds. The minimum absolute atomic E-state index is 0.00566. The zero-order chi connectivity index (χ0) is 17.7. The molecule has 24 heavy (non-hydrogen) atoms. The molecule has 4 nitrogen and oxygen atoms in total. The SMILES string of the molecule is CN(C)C(CNS(=O)(=O)c1cc(Cl)ccc1Cl)Cc1ccccc1. The van der Waals surface area contributed by atoms with E-state index in [9.17, 15) is 8.42 Å². The van der Waals surface area contributed by atoms with E-state index in [0.29, 0.717) is 5.02 Å². The monoisotopic (exact) mass is 386 g/mol. The summed E-state index contributed by atoms with van der Waals surface area (Å²) in [5.41, 5.74) is 1.15. The molecule has 0 aliphatic rings. The van der Waals surface area contributed by atoms with Crippen LogP contribution in [0.15, 0.2) is 53.4 Å². The average molecular weight is 387 g/mol. The maximum atomic E-state index is 12.5.